The standard InChI is InChI=1S/C28H33N3O3/c1-19-9-7-12-24(20(19)2)31(28(33)25-13-8-18-34-25)26(27(32)29-22-10-5-6-11-22)21-14-16-23(17-15-21)30(3)4/h7-9,12-18,22,26H,5-6,10-11H2,1-4H3,(H,29,32)/t26-/m1/s1. The van der Waals surface area contributed by atoms with Gasteiger partial charge in [0, 0.05) is 31.5 Å². The molecule has 0 aliphatic heterocycles. The molecule has 1 N–H and O–H groups in total. The summed E-state index contributed by atoms with van der Waals surface area (Å²) in [4.78, 5) is 31.3. The van der Waals surface area contributed by atoms with Crippen LogP contribution in [0, 0.1) is 13.8 Å². The van der Waals surface area contributed by atoms with Crippen LogP contribution in [0.1, 0.15) is 59.0 Å². The zero-order valence-electron chi connectivity index (χ0n) is 20.4. The fourth-order valence-corrected chi connectivity index (χ4v) is 4.60. The third-order valence-corrected chi connectivity index (χ3v) is 6.72. The molecule has 0 spiro atoms. The molecule has 6 heteroatoms. The van der Waals surface area contributed by atoms with Crippen LogP contribution in [-0.2, 0) is 4.79 Å². The van der Waals surface area contributed by atoms with Crippen LogP contribution in [0.2, 0.25) is 0 Å². The average Bonchev–Trinajstić information content (AvgIpc) is 3.54. The van der Waals surface area contributed by atoms with Gasteiger partial charge in [-0.1, -0.05) is 37.1 Å². The first kappa shape index (κ1) is 23.6. The highest BCUT2D eigenvalue weighted by Crippen LogP contribution is 2.34. The predicted octanol–water partition coefficient (Wildman–Crippen LogP) is 5.41. The topological polar surface area (TPSA) is 65.8 Å². The van der Waals surface area contributed by atoms with Crippen LogP contribution in [0.25, 0.3) is 0 Å². The lowest BCUT2D eigenvalue weighted by molar-refractivity contribution is -0.123. The highest BCUT2D eigenvalue weighted by Gasteiger charge is 2.36. The van der Waals surface area contributed by atoms with Gasteiger partial charge >= 0.3 is 0 Å². The molecule has 1 saturated carbocycles. The van der Waals surface area contributed by atoms with Crippen LogP contribution in [0.3, 0.4) is 0 Å². The van der Waals surface area contributed by atoms with Crippen LogP contribution in [-0.4, -0.2) is 32.0 Å². The number of amides is 2. The molecular weight excluding hydrogens is 426 g/mol. The van der Waals surface area contributed by atoms with Crippen molar-refractivity contribution >= 4 is 23.2 Å². The van der Waals surface area contributed by atoms with Gasteiger partial charge in [0.1, 0.15) is 6.04 Å². The van der Waals surface area contributed by atoms with Crippen molar-refractivity contribution in [2.24, 2.45) is 0 Å². The predicted molar refractivity (Wildman–Crippen MR) is 135 cm³/mol. The Bertz CT molecular complexity index is 1130. The number of carbonyl (C=O) groups is 2. The van der Waals surface area contributed by atoms with Crippen molar-refractivity contribution in [3.8, 4) is 0 Å². The van der Waals surface area contributed by atoms with Crippen LogP contribution in [0.15, 0.2) is 65.3 Å². The molecule has 2 amide bonds. The number of rotatable bonds is 7. The third kappa shape index (κ3) is 4.86. The van der Waals surface area contributed by atoms with E-state index in [1.54, 1.807) is 17.0 Å². The van der Waals surface area contributed by atoms with E-state index in [-0.39, 0.29) is 23.6 Å². The maximum absolute atomic E-state index is 13.9. The van der Waals surface area contributed by atoms with E-state index in [1.807, 2.05) is 75.3 Å². The van der Waals surface area contributed by atoms with E-state index in [0.29, 0.717) is 5.69 Å². The highest BCUT2D eigenvalue weighted by atomic mass is 16.3. The van der Waals surface area contributed by atoms with Crippen LogP contribution < -0.4 is 15.1 Å². The molecule has 0 saturated heterocycles. The number of hydrogen-bond donors (Lipinski definition) is 1. The number of anilines is 2. The van der Waals surface area contributed by atoms with Gasteiger partial charge in [-0.05, 0) is 73.7 Å². The lowest BCUT2D eigenvalue weighted by Crippen LogP contribution is -2.46. The zero-order valence-corrected chi connectivity index (χ0v) is 20.4. The fourth-order valence-electron chi connectivity index (χ4n) is 4.60. The molecule has 6 nitrogen and oxygen atoms in total. The Labute approximate surface area is 201 Å². The van der Waals surface area contributed by atoms with Gasteiger partial charge in [0.05, 0.1) is 6.26 Å². The molecule has 1 aliphatic rings. The van der Waals surface area contributed by atoms with Gasteiger partial charge in [0.2, 0.25) is 5.91 Å². The second kappa shape index (κ2) is 10.2. The van der Waals surface area contributed by atoms with Crippen LogP contribution >= 0.6 is 0 Å². The van der Waals surface area contributed by atoms with Crippen LogP contribution in [0.4, 0.5) is 11.4 Å². The van der Waals surface area contributed by atoms with E-state index < -0.39 is 6.04 Å². The number of nitrogens with zero attached hydrogens (tertiary/aromatic N) is 2. The summed E-state index contributed by atoms with van der Waals surface area (Å²) < 4.78 is 5.49. The fraction of sp³-hybridized carbons (Fsp3) is 0.357. The van der Waals surface area contributed by atoms with E-state index >= 15 is 0 Å². The first-order chi connectivity index (χ1) is 16.4. The third-order valence-electron chi connectivity index (χ3n) is 6.72. The zero-order chi connectivity index (χ0) is 24.2. The number of aryl methyl sites for hydroxylation is 1. The van der Waals surface area contributed by atoms with Crippen molar-refractivity contribution in [3.63, 3.8) is 0 Å². The quantitative estimate of drug-likeness (QED) is 0.513. The van der Waals surface area contributed by atoms with Crippen molar-refractivity contribution in [1.82, 2.24) is 5.32 Å². The Hall–Kier alpha value is -3.54. The number of carbonyl (C=O) groups excluding carboxylic acids is 2. The lowest BCUT2D eigenvalue weighted by atomic mass is 9.99. The molecular formula is C28H33N3O3. The smallest absolute Gasteiger partial charge is 0.294 e. The van der Waals surface area contributed by atoms with Crippen molar-refractivity contribution in [3.05, 3.63) is 83.3 Å². The van der Waals surface area contributed by atoms with Crippen molar-refractivity contribution in [2.45, 2.75) is 51.6 Å². The second-order valence-electron chi connectivity index (χ2n) is 9.25. The first-order valence-electron chi connectivity index (χ1n) is 11.9. The van der Waals surface area contributed by atoms with E-state index in [2.05, 4.69) is 5.32 Å². The van der Waals surface area contributed by atoms with Gasteiger partial charge in [0.15, 0.2) is 5.76 Å². The Morgan fingerprint density at radius 1 is 0.971 bits per heavy atom. The summed E-state index contributed by atoms with van der Waals surface area (Å²) >= 11 is 0. The number of benzene rings is 2. The van der Waals surface area contributed by atoms with Gasteiger partial charge in [0.25, 0.3) is 5.91 Å². The minimum Gasteiger partial charge on any atom is -0.459 e. The summed E-state index contributed by atoms with van der Waals surface area (Å²) in [6.07, 6.45) is 5.63. The van der Waals surface area contributed by atoms with Gasteiger partial charge in [-0.25, -0.2) is 0 Å². The Morgan fingerprint density at radius 3 is 2.29 bits per heavy atom. The molecule has 0 unspecified atom stereocenters. The monoisotopic (exact) mass is 459 g/mol. The Balaban J connectivity index is 1.84. The summed E-state index contributed by atoms with van der Waals surface area (Å²) in [7, 11) is 3.95. The molecule has 4 rings (SSSR count). The van der Waals surface area contributed by atoms with E-state index in [0.717, 1.165) is 48.1 Å². The summed E-state index contributed by atoms with van der Waals surface area (Å²) in [6, 6.07) is 16.3. The minimum absolute atomic E-state index is 0.134. The first-order valence-corrected chi connectivity index (χ1v) is 11.9. The summed E-state index contributed by atoms with van der Waals surface area (Å²) in [6.45, 7) is 3.99. The van der Waals surface area contributed by atoms with Gasteiger partial charge < -0.3 is 14.6 Å². The van der Waals surface area contributed by atoms with Crippen molar-refractivity contribution in [1.29, 1.82) is 0 Å². The van der Waals surface area contributed by atoms with Gasteiger partial charge in [-0.3, -0.25) is 14.5 Å². The maximum Gasteiger partial charge on any atom is 0.294 e. The molecule has 34 heavy (non-hydrogen) atoms. The molecule has 3 aromatic rings. The van der Waals surface area contributed by atoms with Crippen molar-refractivity contribution < 1.29 is 14.0 Å². The van der Waals surface area contributed by atoms with Gasteiger partial charge in [-0.2, -0.15) is 0 Å². The second-order valence-corrected chi connectivity index (χ2v) is 9.25. The molecule has 1 aromatic heterocycles. The average molecular weight is 460 g/mol. The van der Waals surface area contributed by atoms with Gasteiger partial charge in [-0.15, -0.1) is 0 Å². The lowest BCUT2D eigenvalue weighted by Gasteiger charge is -2.33. The largest absolute Gasteiger partial charge is 0.459 e. The number of hydrogen-bond acceptors (Lipinski definition) is 4. The summed E-state index contributed by atoms with van der Waals surface area (Å²) in [5, 5.41) is 3.23. The minimum atomic E-state index is -0.838. The number of nitrogens with one attached hydrogen (secondary N) is 1. The molecule has 0 radical (unpaired) electrons. The highest BCUT2D eigenvalue weighted by molar-refractivity contribution is 6.09. The Morgan fingerprint density at radius 2 is 1.68 bits per heavy atom. The molecule has 1 atom stereocenters. The Kier molecular flexibility index (Phi) is 7.06. The molecule has 2 aromatic carbocycles. The normalized spacial score (nSPS) is 14.6. The van der Waals surface area contributed by atoms with Crippen molar-refractivity contribution in [2.75, 3.05) is 23.9 Å². The SMILES string of the molecule is Cc1cccc(N(C(=O)c2ccco2)[C@@H](C(=O)NC2CCCC2)c2ccc(N(C)C)cc2)c1C. The summed E-state index contributed by atoms with van der Waals surface area (Å²) in [5.74, 6) is -0.322. The summed E-state index contributed by atoms with van der Waals surface area (Å²) in [5.41, 5.74) is 4.47. The molecule has 1 heterocycles. The molecule has 0 bridgehead atoms. The van der Waals surface area contributed by atoms with Crippen LogP contribution in [0.5, 0.6) is 0 Å². The van der Waals surface area contributed by atoms with E-state index in [1.165, 1.54) is 6.26 Å². The molecule has 178 valence electrons. The maximum atomic E-state index is 13.9. The van der Waals surface area contributed by atoms with E-state index in [9.17, 15) is 9.59 Å². The molecule has 1 fully saturated rings. The van der Waals surface area contributed by atoms with E-state index in [4.69, 9.17) is 4.42 Å². The molecule has 1 aliphatic carbocycles. The number of furan rings is 1.